The number of fused-ring (bicyclic) bond motifs is 3. The monoisotopic (exact) mass is 640 g/mol. The second kappa shape index (κ2) is 9.14. The Morgan fingerprint density at radius 3 is 2.44 bits per heavy atom. The minimum Gasteiger partial charge on any atom is -0.460 e. The Labute approximate surface area is 213 Å². The van der Waals surface area contributed by atoms with Crippen LogP contribution >= 0.6 is 7.14 Å². The third-order valence-electron chi connectivity index (χ3n) is 5.60. The van der Waals surface area contributed by atoms with Gasteiger partial charge in [0, 0.05) is 29.5 Å². The molecule has 0 radical (unpaired) electrons. The van der Waals surface area contributed by atoms with Crippen LogP contribution in [0, 0.1) is 12.1 Å². The zero-order valence-corrected chi connectivity index (χ0v) is 20.9. The zero-order valence-electron chi connectivity index (χ0n) is 18.7. The maximum absolute atomic E-state index is 14.6. The van der Waals surface area contributed by atoms with Crippen LogP contribution in [0.4, 0.5) is 0 Å². The summed E-state index contributed by atoms with van der Waals surface area (Å²) >= 11 is 0. The second-order valence-corrected chi connectivity index (χ2v) is 10.2. The third-order valence-corrected chi connectivity index (χ3v) is 8.56. The van der Waals surface area contributed by atoms with Crippen molar-refractivity contribution in [3.05, 3.63) is 115 Å². The molecule has 6 heteroatoms. The first kappa shape index (κ1) is 21.2. The number of aromatic nitrogens is 2. The number of ether oxygens (including phenoxy) is 1. The van der Waals surface area contributed by atoms with E-state index in [0.29, 0.717) is 28.4 Å². The van der Waals surface area contributed by atoms with E-state index in [0.717, 1.165) is 27.6 Å². The van der Waals surface area contributed by atoms with E-state index in [1.54, 1.807) is 24.4 Å². The average molecular weight is 641 g/mol. The number of nitrogens with zero attached hydrogens (tertiary/aromatic N) is 2. The van der Waals surface area contributed by atoms with Crippen LogP contribution in [0.15, 0.2) is 103 Å². The molecule has 0 saturated heterocycles. The van der Waals surface area contributed by atoms with E-state index < -0.39 is 7.14 Å². The molecular formula is C28H17N2O2PPt. The first-order valence-electron chi connectivity index (χ1n) is 10.9. The molecule has 3 aromatic carbocycles. The molecule has 4 nitrogen and oxygen atoms in total. The molecule has 2 aromatic heterocycles. The average Bonchev–Trinajstić information content (AvgIpc) is 3.14. The molecule has 0 saturated carbocycles. The molecule has 0 spiro atoms. The number of pyridine rings is 2. The molecule has 3 heterocycles. The summed E-state index contributed by atoms with van der Waals surface area (Å²) in [7, 11) is -3.16. The maximum atomic E-state index is 14.6. The van der Waals surface area contributed by atoms with Gasteiger partial charge in [0.2, 0.25) is 5.88 Å². The van der Waals surface area contributed by atoms with Crippen LogP contribution in [-0.2, 0) is 25.6 Å². The van der Waals surface area contributed by atoms with Crippen LogP contribution in [0.5, 0.6) is 11.6 Å². The van der Waals surface area contributed by atoms with E-state index in [1.807, 2.05) is 66.7 Å². The largest absolute Gasteiger partial charge is 2.00 e. The summed E-state index contributed by atoms with van der Waals surface area (Å²) in [5.41, 5.74) is 3.94. The van der Waals surface area contributed by atoms with Gasteiger partial charge in [0.15, 0.2) is 7.14 Å². The Balaban J connectivity index is 0.00000253. The van der Waals surface area contributed by atoms with Gasteiger partial charge >= 0.3 is 21.1 Å². The molecule has 0 amide bonds. The Morgan fingerprint density at radius 1 is 0.765 bits per heavy atom. The molecule has 166 valence electrons. The standard InChI is InChI=1S/C28H17N2O2P.Pt/c31-33(28-13-4-6-17-30-28)25-11-2-1-10-23(25)24-15-14-21(19-26(24)33)20-8-7-9-22(18-20)32-27-12-3-5-16-29-27;/h1-17H;/q-2;+2/i3D;. The van der Waals surface area contributed by atoms with Crippen LogP contribution in [0.25, 0.3) is 22.3 Å². The summed E-state index contributed by atoms with van der Waals surface area (Å²) in [5.74, 6) is 0.801. The second-order valence-electron chi connectivity index (χ2n) is 7.57. The molecule has 1 unspecified atom stereocenters. The van der Waals surface area contributed by atoms with Gasteiger partial charge in [-0.3, -0.25) is 4.98 Å². The Morgan fingerprint density at radius 2 is 1.59 bits per heavy atom. The summed E-state index contributed by atoms with van der Waals surface area (Å²) < 4.78 is 28.2. The van der Waals surface area contributed by atoms with Crippen LogP contribution in [0.3, 0.4) is 0 Å². The van der Waals surface area contributed by atoms with Gasteiger partial charge in [-0.15, -0.1) is 18.2 Å². The summed E-state index contributed by atoms with van der Waals surface area (Å²) in [4.78, 5) is 8.61. The zero-order chi connectivity index (χ0) is 23.1. The fourth-order valence-corrected chi connectivity index (χ4v) is 7.01. The van der Waals surface area contributed by atoms with Crippen molar-refractivity contribution in [2.24, 2.45) is 0 Å². The topological polar surface area (TPSA) is 52.1 Å². The maximum Gasteiger partial charge on any atom is 2.00 e. The molecular weight excluding hydrogens is 622 g/mol. The van der Waals surface area contributed by atoms with Crippen LogP contribution in [0.1, 0.15) is 1.37 Å². The van der Waals surface area contributed by atoms with Crippen molar-refractivity contribution in [1.82, 2.24) is 9.97 Å². The van der Waals surface area contributed by atoms with Crippen molar-refractivity contribution in [2.75, 3.05) is 0 Å². The van der Waals surface area contributed by atoms with E-state index in [4.69, 9.17) is 6.11 Å². The van der Waals surface area contributed by atoms with Crippen LogP contribution in [0.2, 0.25) is 0 Å². The van der Waals surface area contributed by atoms with Crippen molar-refractivity contribution in [3.8, 4) is 33.9 Å². The van der Waals surface area contributed by atoms with Crippen LogP contribution in [-0.4, -0.2) is 9.97 Å². The molecule has 1 aliphatic rings. The van der Waals surface area contributed by atoms with Crippen molar-refractivity contribution in [2.45, 2.75) is 0 Å². The van der Waals surface area contributed by atoms with Gasteiger partial charge in [-0.1, -0.05) is 47.2 Å². The van der Waals surface area contributed by atoms with Gasteiger partial charge in [0.25, 0.3) is 0 Å². The van der Waals surface area contributed by atoms with Crippen molar-refractivity contribution < 1.29 is 31.7 Å². The van der Waals surface area contributed by atoms with Crippen molar-refractivity contribution in [1.29, 1.82) is 0 Å². The molecule has 0 N–H and O–H groups in total. The summed E-state index contributed by atoms with van der Waals surface area (Å²) in [6.07, 6.45) is 3.20. The van der Waals surface area contributed by atoms with E-state index >= 15 is 0 Å². The third kappa shape index (κ3) is 3.74. The van der Waals surface area contributed by atoms with E-state index in [2.05, 4.69) is 22.1 Å². The summed E-state index contributed by atoms with van der Waals surface area (Å²) in [6.45, 7) is 0. The molecule has 0 bridgehead atoms. The molecule has 1 aliphatic heterocycles. The van der Waals surface area contributed by atoms with Gasteiger partial charge in [-0.2, -0.15) is 24.3 Å². The smallest absolute Gasteiger partial charge is 0.460 e. The molecule has 6 rings (SSSR count). The van der Waals surface area contributed by atoms with Gasteiger partial charge in [0.1, 0.15) is 5.44 Å². The number of rotatable bonds is 4. The first-order valence-corrected chi connectivity index (χ1v) is 12.2. The van der Waals surface area contributed by atoms with E-state index in [9.17, 15) is 4.57 Å². The van der Waals surface area contributed by atoms with E-state index in [1.165, 1.54) is 6.20 Å². The predicted molar refractivity (Wildman–Crippen MR) is 130 cm³/mol. The molecule has 34 heavy (non-hydrogen) atoms. The van der Waals surface area contributed by atoms with E-state index in [-0.39, 0.29) is 21.1 Å². The fourth-order valence-electron chi connectivity index (χ4n) is 4.12. The Kier molecular flexibility index (Phi) is 5.71. The molecule has 1 atom stereocenters. The van der Waals surface area contributed by atoms with Gasteiger partial charge in [0.05, 0.1) is 1.37 Å². The van der Waals surface area contributed by atoms with Crippen molar-refractivity contribution in [3.63, 3.8) is 0 Å². The van der Waals surface area contributed by atoms with Crippen LogP contribution < -0.4 is 20.8 Å². The number of hydrogen-bond acceptors (Lipinski definition) is 4. The van der Waals surface area contributed by atoms with Gasteiger partial charge < -0.3 is 9.30 Å². The first-order chi connectivity index (χ1) is 16.6. The minimum absolute atomic E-state index is 0. The quantitative estimate of drug-likeness (QED) is 0.198. The Bertz CT molecular complexity index is 1590. The number of benzene rings is 3. The Hall–Kier alpha value is -3.32. The summed E-state index contributed by atoms with van der Waals surface area (Å²) in [5, 5.41) is 1.45. The van der Waals surface area contributed by atoms with Gasteiger partial charge in [-0.05, 0) is 23.8 Å². The molecule has 0 fully saturated rings. The van der Waals surface area contributed by atoms with Gasteiger partial charge in [-0.25, -0.2) is 16.1 Å². The number of hydrogen-bond donors (Lipinski definition) is 0. The normalized spacial score (nSPS) is 16.1. The molecule has 5 aromatic rings. The summed E-state index contributed by atoms with van der Waals surface area (Å²) in [6, 6.07) is 32.9. The SMILES string of the molecule is [2H]c1ccnc(Oc2[c-]c(-c3[c-]c4c(cc3)-c3ccccc3P4(=O)c3ccccn3)ccc2)c1.[Pt+2]. The van der Waals surface area contributed by atoms with Crippen molar-refractivity contribution >= 4 is 23.2 Å². The predicted octanol–water partition coefficient (Wildman–Crippen LogP) is 5.15. The molecule has 0 aliphatic carbocycles. The minimum atomic E-state index is -3.16. The fraction of sp³-hybridized carbons (Fsp3) is 0.